The minimum Gasteiger partial charge on any atom is -0.453 e. The lowest BCUT2D eigenvalue weighted by molar-refractivity contribution is -0.138. The number of benzene rings is 5. The molecule has 0 bridgehead atoms. The van der Waals surface area contributed by atoms with Crippen LogP contribution in [0.2, 0.25) is 0 Å². The van der Waals surface area contributed by atoms with E-state index in [1.165, 1.54) is 20.0 Å². The van der Waals surface area contributed by atoms with Gasteiger partial charge in [-0.15, -0.1) is 0 Å². The lowest BCUT2D eigenvalue weighted by Gasteiger charge is -2.36. The number of hydrogen-bond donors (Lipinski definition) is 3. The fourth-order valence-corrected chi connectivity index (χ4v) is 12.0. The number of carbonyl (C=O) groups is 3. The largest absolute Gasteiger partial charge is 0.453 e. The Labute approximate surface area is 385 Å². The molecule has 2 aromatic heterocycles. The molecule has 8 atom stereocenters. The van der Waals surface area contributed by atoms with Crippen molar-refractivity contribution in [3.05, 3.63) is 144 Å². The average molecular weight is 880 g/mol. The molecular formula is C55H57N7O4. The molecule has 2 aliphatic heterocycles. The smallest absolute Gasteiger partial charge is 0.407 e. The zero-order chi connectivity index (χ0) is 44.9. The number of likely N-dealkylation sites (tertiary alicyclic amines) is 2. The van der Waals surface area contributed by atoms with E-state index in [-0.39, 0.29) is 41.9 Å². The number of imidazole rings is 2. The van der Waals surface area contributed by atoms with Gasteiger partial charge in [-0.2, -0.15) is 0 Å². The van der Waals surface area contributed by atoms with Crippen LogP contribution in [0.25, 0.3) is 44.3 Å². The third kappa shape index (κ3) is 7.71. The maximum Gasteiger partial charge on any atom is 0.407 e. The summed E-state index contributed by atoms with van der Waals surface area (Å²) in [6.07, 6.45) is 9.96. The molecule has 2 aliphatic carbocycles. The molecule has 4 heterocycles. The molecule has 3 N–H and O–H groups in total. The second kappa shape index (κ2) is 17.6. The summed E-state index contributed by atoms with van der Waals surface area (Å²) in [6, 6.07) is 40.1. The first-order valence-electron chi connectivity index (χ1n) is 24.0. The number of ether oxygens (including phenoxy) is 1. The van der Waals surface area contributed by atoms with Crippen LogP contribution in [-0.2, 0) is 14.3 Å². The number of nitrogens with zero attached hydrogens (tertiary/aromatic N) is 4. The second-order valence-corrected chi connectivity index (χ2v) is 19.1. The summed E-state index contributed by atoms with van der Waals surface area (Å²) in [4.78, 5) is 63.4. The van der Waals surface area contributed by atoms with Crippen LogP contribution in [0.15, 0.2) is 121 Å². The van der Waals surface area contributed by atoms with Crippen molar-refractivity contribution in [3.63, 3.8) is 0 Å². The quantitative estimate of drug-likeness (QED) is 0.132. The van der Waals surface area contributed by atoms with Crippen molar-refractivity contribution >= 4 is 40.0 Å². The molecule has 2 saturated heterocycles. The first-order valence-corrected chi connectivity index (χ1v) is 24.0. The Balaban J connectivity index is 0.837. The molecule has 4 fully saturated rings. The van der Waals surface area contributed by atoms with Gasteiger partial charge in [-0.05, 0) is 115 Å². The molecule has 5 aromatic carbocycles. The molecule has 11 rings (SSSR count). The highest BCUT2D eigenvalue weighted by atomic mass is 16.5. The molecule has 336 valence electrons. The molecule has 11 heteroatoms. The molecule has 66 heavy (non-hydrogen) atoms. The Morgan fingerprint density at radius 3 is 1.55 bits per heavy atom. The summed E-state index contributed by atoms with van der Waals surface area (Å²) >= 11 is 0. The normalized spacial score (nSPS) is 23.6. The Kier molecular flexibility index (Phi) is 11.2. The van der Waals surface area contributed by atoms with Crippen LogP contribution in [-0.4, -0.2) is 66.8 Å². The average Bonchev–Trinajstić information content (AvgIpc) is 4.17. The molecule has 7 aromatic rings. The molecular weight excluding hydrogens is 823 g/mol. The predicted molar refractivity (Wildman–Crippen MR) is 256 cm³/mol. The van der Waals surface area contributed by atoms with Gasteiger partial charge in [0, 0.05) is 12.1 Å². The lowest BCUT2D eigenvalue weighted by atomic mass is 9.84. The standard InChI is InChI=1S/C55H57N7O4/c1-33(34-13-5-3-6-14-34)53(63)61-46-19-11-9-17-40(46)31-48(61)51-56-42-27-25-38(29-44(42)58-51)35-21-23-36(24-22-35)39-26-28-43-45(30-39)59-52(57-43)49-32-41-18-10-12-20-47(41)62(49)54(64)50(60-55(65)66-2)37-15-7-4-8-16-37/h3-8,13-16,21-30,33,40-41,46-50H,9-12,17-20,31-32H2,1-2H3,(H,56,58)(H,57,59)(H,60,65)/t33-,40-,41-,46-,47-,48+,49+,50-/m1/s1. The van der Waals surface area contributed by atoms with Crippen molar-refractivity contribution in [3.8, 4) is 22.3 Å². The lowest BCUT2D eigenvalue weighted by Crippen LogP contribution is -2.47. The highest BCUT2D eigenvalue weighted by Gasteiger charge is 2.49. The van der Waals surface area contributed by atoms with Gasteiger partial charge in [0.25, 0.3) is 5.91 Å². The third-order valence-corrected chi connectivity index (χ3v) is 15.4. The number of H-pyrrole nitrogens is 2. The minimum absolute atomic E-state index is 0.0685. The molecule has 0 unspecified atom stereocenters. The highest BCUT2D eigenvalue weighted by molar-refractivity contribution is 5.89. The van der Waals surface area contributed by atoms with Gasteiger partial charge in [-0.3, -0.25) is 9.59 Å². The van der Waals surface area contributed by atoms with E-state index in [1.807, 2.05) is 60.4 Å². The number of alkyl carbamates (subject to hydrolysis) is 1. The van der Waals surface area contributed by atoms with E-state index < -0.39 is 12.1 Å². The van der Waals surface area contributed by atoms with Gasteiger partial charge in [0.05, 0.1) is 47.2 Å². The topological polar surface area (TPSA) is 136 Å². The number of aromatic nitrogens is 4. The first kappa shape index (κ1) is 41.9. The molecule has 3 amide bonds. The van der Waals surface area contributed by atoms with E-state index in [9.17, 15) is 14.4 Å². The number of aromatic amines is 2. The molecule has 2 saturated carbocycles. The van der Waals surface area contributed by atoms with Gasteiger partial charge in [0.2, 0.25) is 5.91 Å². The van der Waals surface area contributed by atoms with Gasteiger partial charge in [-0.25, -0.2) is 14.8 Å². The molecule has 4 aliphatic rings. The fourth-order valence-electron chi connectivity index (χ4n) is 12.0. The van der Waals surface area contributed by atoms with E-state index in [4.69, 9.17) is 14.7 Å². The summed E-state index contributed by atoms with van der Waals surface area (Å²) in [5, 5.41) is 2.83. The number of hydrogen-bond acceptors (Lipinski definition) is 6. The molecule has 11 nitrogen and oxygen atoms in total. The zero-order valence-corrected chi connectivity index (χ0v) is 37.7. The van der Waals surface area contributed by atoms with Crippen LogP contribution in [0, 0.1) is 11.8 Å². The summed E-state index contributed by atoms with van der Waals surface area (Å²) < 4.78 is 4.97. The van der Waals surface area contributed by atoms with Gasteiger partial charge >= 0.3 is 6.09 Å². The van der Waals surface area contributed by atoms with E-state index in [1.54, 1.807) is 0 Å². The van der Waals surface area contributed by atoms with Gasteiger partial charge in [-0.1, -0.05) is 123 Å². The minimum atomic E-state index is -0.877. The van der Waals surface area contributed by atoms with Gasteiger partial charge in [0.1, 0.15) is 17.7 Å². The van der Waals surface area contributed by atoms with Crippen molar-refractivity contribution in [2.75, 3.05) is 7.11 Å². The van der Waals surface area contributed by atoms with Crippen molar-refractivity contribution in [1.29, 1.82) is 0 Å². The van der Waals surface area contributed by atoms with Crippen molar-refractivity contribution in [2.45, 2.75) is 107 Å². The summed E-state index contributed by atoms with van der Waals surface area (Å²) in [7, 11) is 1.32. The summed E-state index contributed by atoms with van der Waals surface area (Å²) in [6.45, 7) is 2.05. The van der Waals surface area contributed by atoms with Crippen LogP contribution >= 0.6 is 0 Å². The van der Waals surface area contributed by atoms with Crippen molar-refractivity contribution < 1.29 is 19.1 Å². The number of methoxy groups -OCH3 is 1. The zero-order valence-electron chi connectivity index (χ0n) is 37.7. The Morgan fingerprint density at radius 2 is 1.05 bits per heavy atom. The van der Waals surface area contributed by atoms with Gasteiger partial charge < -0.3 is 29.8 Å². The Morgan fingerprint density at radius 1 is 0.591 bits per heavy atom. The number of fused-ring (bicyclic) bond motifs is 4. The maximum atomic E-state index is 14.7. The van der Waals surface area contributed by atoms with Gasteiger partial charge in [0.15, 0.2) is 0 Å². The van der Waals surface area contributed by atoms with E-state index in [0.29, 0.717) is 17.4 Å². The Bertz CT molecular complexity index is 2890. The summed E-state index contributed by atoms with van der Waals surface area (Å²) in [5.74, 6) is 2.37. The third-order valence-electron chi connectivity index (χ3n) is 15.4. The van der Waals surface area contributed by atoms with E-state index >= 15 is 0 Å². The number of carbonyl (C=O) groups excluding carboxylic acids is 3. The highest BCUT2D eigenvalue weighted by Crippen LogP contribution is 2.49. The van der Waals surface area contributed by atoms with Crippen molar-refractivity contribution in [2.24, 2.45) is 11.8 Å². The maximum absolute atomic E-state index is 14.7. The first-order chi connectivity index (χ1) is 32.3. The van der Waals surface area contributed by atoms with Crippen LogP contribution in [0.3, 0.4) is 0 Å². The summed E-state index contributed by atoms with van der Waals surface area (Å²) in [5.41, 5.74) is 9.72. The molecule has 0 radical (unpaired) electrons. The molecule has 0 spiro atoms. The fraction of sp³-hybridized carbons (Fsp3) is 0.364. The monoisotopic (exact) mass is 879 g/mol. The van der Waals surface area contributed by atoms with Crippen LogP contribution in [0.5, 0.6) is 0 Å². The predicted octanol–water partition coefficient (Wildman–Crippen LogP) is 11.3. The number of rotatable bonds is 9. The van der Waals surface area contributed by atoms with Crippen LogP contribution in [0.4, 0.5) is 4.79 Å². The Hall–Kier alpha value is -6.75. The van der Waals surface area contributed by atoms with Crippen molar-refractivity contribution in [1.82, 2.24) is 35.1 Å². The SMILES string of the molecule is COC(=O)N[C@@H](C(=O)N1[C@@H]2CCCC[C@@H]2C[C@H]1c1nc2cc(-c3ccc(-c4ccc5[nH]c([C@@H]6C[C@H]7CCCC[C@H]7N6C(=O)[C@H](C)c6ccccc6)nc5c4)cc3)ccc2[nH]1)c1ccccc1. The number of nitrogens with one attached hydrogen (secondary N) is 3. The second-order valence-electron chi connectivity index (χ2n) is 19.1. The van der Waals surface area contributed by atoms with Crippen LogP contribution in [0.1, 0.15) is 118 Å². The van der Waals surface area contributed by atoms with E-state index in [2.05, 4.69) is 93.0 Å². The van der Waals surface area contributed by atoms with E-state index in [0.717, 1.165) is 113 Å². The van der Waals surface area contributed by atoms with Crippen LogP contribution < -0.4 is 5.32 Å². The number of amides is 3.